The summed E-state index contributed by atoms with van der Waals surface area (Å²) in [6, 6.07) is 5.85. The predicted octanol–water partition coefficient (Wildman–Crippen LogP) is 3.73. The summed E-state index contributed by atoms with van der Waals surface area (Å²) in [5, 5.41) is 0. The van der Waals surface area contributed by atoms with Crippen molar-refractivity contribution in [3.05, 3.63) is 34.3 Å². The molecule has 2 rings (SSSR count). The largest absolute Gasteiger partial charge is 0.496 e. The number of aromatic nitrogens is 1. The number of halogens is 1. The Morgan fingerprint density at radius 3 is 2.56 bits per heavy atom. The first-order valence-corrected chi connectivity index (χ1v) is 5.69. The summed E-state index contributed by atoms with van der Waals surface area (Å²) >= 11 is 3.45. The van der Waals surface area contributed by atoms with Crippen molar-refractivity contribution in [1.82, 2.24) is 4.98 Å². The zero-order valence-electron chi connectivity index (χ0n) is 9.37. The molecule has 1 aromatic carbocycles. The van der Waals surface area contributed by atoms with Gasteiger partial charge in [-0.05, 0) is 41.1 Å². The summed E-state index contributed by atoms with van der Waals surface area (Å²) in [5.41, 5.74) is 1.89. The minimum Gasteiger partial charge on any atom is -0.496 e. The molecule has 0 saturated heterocycles. The fourth-order valence-electron chi connectivity index (χ4n) is 1.61. The summed E-state index contributed by atoms with van der Waals surface area (Å²) in [4.78, 5) is 4.35. The van der Waals surface area contributed by atoms with E-state index in [1.165, 1.54) is 0 Å². The third-order valence-electron chi connectivity index (χ3n) is 2.33. The van der Waals surface area contributed by atoms with E-state index in [9.17, 15) is 0 Å². The lowest BCUT2D eigenvalue weighted by Crippen LogP contribution is -1.86. The Kier molecular flexibility index (Phi) is 3.01. The van der Waals surface area contributed by atoms with Crippen LogP contribution in [0.1, 0.15) is 11.7 Å². The highest BCUT2D eigenvalue weighted by atomic mass is 79.9. The van der Waals surface area contributed by atoms with Crippen LogP contribution in [-0.4, -0.2) is 12.1 Å². The minimum absolute atomic E-state index is 0.680. The Bertz CT molecular complexity index is 520. The number of nitrogens with zero attached hydrogens (tertiary/aromatic N) is 1. The Labute approximate surface area is 103 Å². The molecule has 16 heavy (non-hydrogen) atoms. The summed E-state index contributed by atoms with van der Waals surface area (Å²) in [5.74, 6) is 2.32. The molecule has 84 valence electrons. The topological polar surface area (TPSA) is 35.3 Å². The van der Waals surface area contributed by atoms with Gasteiger partial charge in [-0.15, -0.1) is 0 Å². The second-order valence-electron chi connectivity index (χ2n) is 3.49. The van der Waals surface area contributed by atoms with Crippen LogP contribution >= 0.6 is 15.9 Å². The molecule has 0 saturated carbocycles. The summed E-state index contributed by atoms with van der Waals surface area (Å²) in [6.07, 6.45) is 0. The third-order valence-corrected chi connectivity index (χ3v) is 2.95. The molecular formula is C12H12BrNO2. The monoisotopic (exact) mass is 281 g/mol. The van der Waals surface area contributed by atoms with Crippen molar-refractivity contribution < 1.29 is 9.15 Å². The lowest BCUT2D eigenvalue weighted by molar-refractivity contribution is 0.412. The van der Waals surface area contributed by atoms with Crippen LogP contribution in [0.15, 0.2) is 27.1 Å². The molecule has 0 aliphatic rings. The van der Waals surface area contributed by atoms with Crippen molar-refractivity contribution in [3.63, 3.8) is 0 Å². The average molecular weight is 282 g/mol. The number of aryl methyl sites for hydroxylation is 2. The molecular weight excluding hydrogens is 270 g/mol. The van der Waals surface area contributed by atoms with Crippen molar-refractivity contribution in [2.45, 2.75) is 13.8 Å². The predicted molar refractivity (Wildman–Crippen MR) is 65.7 cm³/mol. The molecule has 0 radical (unpaired) electrons. The maximum Gasteiger partial charge on any atom is 0.191 e. The first kappa shape index (κ1) is 11.2. The van der Waals surface area contributed by atoms with Gasteiger partial charge in [0.2, 0.25) is 0 Å². The van der Waals surface area contributed by atoms with Crippen LogP contribution in [0.2, 0.25) is 0 Å². The molecule has 1 heterocycles. The van der Waals surface area contributed by atoms with Crippen LogP contribution in [0.4, 0.5) is 0 Å². The van der Waals surface area contributed by atoms with E-state index in [2.05, 4.69) is 20.9 Å². The van der Waals surface area contributed by atoms with Gasteiger partial charge in [-0.25, -0.2) is 4.98 Å². The van der Waals surface area contributed by atoms with Gasteiger partial charge >= 0.3 is 0 Å². The van der Waals surface area contributed by atoms with Gasteiger partial charge in [0, 0.05) is 12.5 Å². The maximum absolute atomic E-state index is 5.41. The average Bonchev–Trinajstić information content (AvgIpc) is 2.58. The number of hydrogen-bond donors (Lipinski definition) is 0. The van der Waals surface area contributed by atoms with Gasteiger partial charge in [0.25, 0.3) is 0 Å². The summed E-state index contributed by atoms with van der Waals surface area (Å²) < 4.78 is 11.5. The Morgan fingerprint density at radius 2 is 2.06 bits per heavy atom. The molecule has 0 N–H and O–H groups in total. The fraction of sp³-hybridized carbons (Fsp3) is 0.250. The number of benzene rings is 1. The second-order valence-corrected chi connectivity index (χ2v) is 4.34. The van der Waals surface area contributed by atoms with Crippen LogP contribution in [0.5, 0.6) is 5.75 Å². The van der Waals surface area contributed by atoms with E-state index < -0.39 is 0 Å². The maximum atomic E-state index is 5.41. The molecule has 0 aliphatic heterocycles. The standard InChI is InChI=1S/C12H12BrNO2/c1-7-12(14-8(2)16-7)9-4-5-11(15-3)10(13)6-9/h4-6H,1-3H3. The Morgan fingerprint density at radius 1 is 1.31 bits per heavy atom. The van der Waals surface area contributed by atoms with Crippen molar-refractivity contribution in [2.24, 2.45) is 0 Å². The quantitative estimate of drug-likeness (QED) is 0.841. The van der Waals surface area contributed by atoms with E-state index in [0.717, 1.165) is 27.2 Å². The molecule has 0 unspecified atom stereocenters. The van der Waals surface area contributed by atoms with Crippen molar-refractivity contribution >= 4 is 15.9 Å². The zero-order valence-corrected chi connectivity index (χ0v) is 11.0. The van der Waals surface area contributed by atoms with Crippen LogP contribution in [-0.2, 0) is 0 Å². The normalized spacial score (nSPS) is 10.5. The number of ether oxygens (including phenoxy) is 1. The van der Waals surface area contributed by atoms with Crippen molar-refractivity contribution in [1.29, 1.82) is 0 Å². The Balaban J connectivity index is 2.49. The highest BCUT2D eigenvalue weighted by Crippen LogP contribution is 2.31. The number of hydrogen-bond acceptors (Lipinski definition) is 3. The zero-order chi connectivity index (χ0) is 11.7. The van der Waals surface area contributed by atoms with Gasteiger partial charge in [0.1, 0.15) is 17.2 Å². The van der Waals surface area contributed by atoms with Gasteiger partial charge in [0.15, 0.2) is 5.89 Å². The highest BCUT2D eigenvalue weighted by molar-refractivity contribution is 9.10. The van der Waals surface area contributed by atoms with Crippen molar-refractivity contribution in [3.8, 4) is 17.0 Å². The Hall–Kier alpha value is -1.29. The lowest BCUT2D eigenvalue weighted by Gasteiger charge is -2.04. The molecule has 0 bridgehead atoms. The summed E-state index contributed by atoms with van der Waals surface area (Å²) in [6.45, 7) is 3.75. The highest BCUT2D eigenvalue weighted by Gasteiger charge is 2.10. The van der Waals surface area contributed by atoms with Gasteiger partial charge in [-0.1, -0.05) is 0 Å². The first-order valence-electron chi connectivity index (χ1n) is 4.89. The SMILES string of the molecule is COc1ccc(-c2nc(C)oc2C)cc1Br. The van der Waals surface area contributed by atoms with E-state index in [4.69, 9.17) is 9.15 Å². The van der Waals surface area contributed by atoms with Crippen LogP contribution < -0.4 is 4.74 Å². The molecule has 0 aliphatic carbocycles. The lowest BCUT2D eigenvalue weighted by atomic mass is 10.1. The molecule has 2 aromatic rings. The fourth-order valence-corrected chi connectivity index (χ4v) is 2.15. The van der Waals surface area contributed by atoms with E-state index >= 15 is 0 Å². The molecule has 3 nitrogen and oxygen atoms in total. The molecule has 0 fully saturated rings. The molecule has 4 heteroatoms. The van der Waals surface area contributed by atoms with Gasteiger partial charge in [-0.2, -0.15) is 0 Å². The van der Waals surface area contributed by atoms with Gasteiger partial charge < -0.3 is 9.15 Å². The van der Waals surface area contributed by atoms with Crippen LogP contribution in [0, 0.1) is 13.8 Å². The molecule has 1 aromatic heterocycles. The van der Waals surface area contributed by atoms with Gasteiger partial charge in [0.05, 0.1) is 11.6 Å². The van der Waals surface area contributed by atoms with E-state index in [1.807, 2.05) is 32.0 Å². The minimum atomic E-state index is 0.680. The number of methoxy groups -OCH3 is 1. The molecule has 0 atom stereocenters. The van der Waals surface area contributed by atoms with Crippen molar-refractivity contribution in [2.75, 3.05) is 7.11 Å². The summed E-state index contributed by atoms with van der Waals surface area (Å²) in [7, 11) is 1.64. The molecule has 0 amide bonds. The third kappa shape index (κ3) is 1.97. The first-order chi connectivity index (χ1) is 7.61. The van der Waals surface area contributed by atoms with E-state index in [1.54, 1.807) is 7.11 Å². The van der Waals surface area contributed by atoms with Crippen LogP contribution in [0.25, 0.3) is 11.3 Å². The van der Waals surface area contributed by atoms with Gasteiger partial charge in [-0.3, -0.25) is 0 Å². The second kappa shape index (κ2) is 4.29. The van der Waals surface area contributed by atoms with E-state index in [0.29, 0.717) is 5.89 Å². The van der Waals surface area contributed by atoms with Crippen LogP contribution in [0.3, 0.4) is 0 Å². The molecule has 0 spiro atoms. The number of rotatable bonds is 2. The number of oxazole rings is 1. The smallest absolute Gasteiger partial charge is 0.191 e. The van der Waals surface area contributed by atoms with E-state index in [-0.39, 0.29) is 0 Å².